The van der Waals surface area contributed by atoms with Crippen LogP contribution in [0.5, 0.6) is 0 Å². The Morgan fingerprint density at radius 3 is 2.67 bits per heavy atom. The average Bonchev–Trinajstić information content (AvgIpc) is 2.67. The van der Waals surface area contributed by atoms with E-state index in [1.54, 1.807) is 4.90 Å². The molecule has 2 aliphatic rings. The largest absolute Gasteiger partial charge is 0.441 e. The number of amides is 1. The van der Waals surface area contributed by atoms with Crippen molar-refractivity contribution in [2.24, 2.45) is 5.92 Å². The number of likely N-dealkylation sites (tertiary alicyclic amines) is 1. The maximum Gasteiger partial charge on any atom is 0.441 e. The minimum Gasteiger partial charge on any atom is -0.306 e. The van der Waals surface area contributed by atoms with Gasteiger partial charge in [0.1, 0.15) is 0 Å². The first-order valence-electron chi connectivity index (χ1n) is 4.44. The van der Waals surface area contributed by atoms with Crippen molar-refractivity contribution in [3.8, 4) is 0 Å². The molecule has 68 valence electrons. The molecule has 1 saturated carbocycles. The van der Waals surface area contributed by atoms with E-state index in [1.165, 1.54) is 12.8 Å². The van der Waals surface area contributed by atoms with Crippen LogP contribution in [0.2, 0.25) is 0 Å². The number of nitrogens with zero attached hydrogens (tertiary/aromatic N) is 1. The molecule has 0 bridgehead atoms. The predicted molar refractivity (Wildman–Crippen MR) is 41.3 cm³/mol. The van der Waals surface area contributed by atoms with Crippen LogP contribution >= 0.6 is 0 Å². The molecule has 4 nitrogen and oxygen atoms in total. The zero-order valence-electron chi connectivity index (χ0n) is 6.99. The molecule has 2 fully saturated rings. The van der Waals surface area contributed by atoms with Crippen LogP contribution in [-0.2, 0) is 9.78 Å². The number of rotatable bonds is 3. The lowest BCUT2D eigenvalue weighted by Gasteiger charge is -2.28. The minimum absolute atomic E-state index is 0.332. The maximum absolute atomic E-state index is 11.0. The van der Waals surface area contributed by atoms with Crippen molar-refractivity contribution in [2.75, 3.05) is 19.7 Å². The van der Waals surface area contributed by atoms with E-state index in [-0.39, 0.29) is 6.09 Å². The minimum atomic E-state index is -0.332. The van der Waals surface area contributed by atoms with E-state index in [2.05, 4.69) is 4.89 Å². The molecule has 1 heterocycles. The second kappa shape index (κ2) is 3.31. The highest BCUT2D eigenvalue weighted by atomic mass is 17.2. The molecule has 0 N–H and O–H groups in total. The van der Waals surface area contributed by atoms with E-state index in [0.717, 1.165) is 19.5 Å². The van der Waals surface area contributed by atoms with E-state index in [9.17, 15) is 4.79 Å². The Balaban J connectivity index is 1.55. The molecule has 0 atom stereocenters. The summed E-state index contributed by atoms with van der Waals surface area (Å²) in [6, 6.07) is 0. The lowest BCUT2D eigenvalue weighted by Crippen LogP contribution is -2.42. The Hall–Kier alpha value is -0.770. The average molecular weight is 171 g/mol. The molecule has 0 spiro atoms. The molecule has 4 heteroatoms. The summed E-state index contributed by atoms with van der Waals surface area (Å²) in [5, 5.41) is 0. The third kappa shape index (κ3) is 1.88. The molecular weight excluding hydrogens is 158 g/mol. The Morgan fingerprint density at radius 2 is 2.17 bits per heavy atom. The number of hydrogen-bond acceptors (Lipinski definition) is 3. The van der Waals surface area contributed by atoms with Crippen LogP contribution < -0.4 is 0 Å². The van der Waals surface area contributed by atoms with Crippen molar-refractivity contribution in [1.29, 1.82) is 0 Å². The fourth-order valence-corrected chi connectivity index (χ4v) is 1.02. The number of hydrogen-bond donors (Lipinski definition) is 0. The van der Waals surface area contributed by atoms with Gasteiger partial charge in [-0.15, -0.1) is 0 Å². The molecular formula is C8H13NO3. The van der Waals surface area contributed by atoms with E-state index in [4.69, 9.17) is 4.89 Å². The topological polar surface area (TPSA) is 38.8 Å². The molecule has 12 heavy (non-hydrogen) atoms. The lowest BCUT2D eigenvalue weighted by molar-refractivity contribution is -0.250. The molecule has 0 unspecified atom stereocenters. The van der Waals surface area contributed by atoms with Crippen molar-refractivity contribution >= 4 is 6.09 Å². The first kappa shape index (κ1) is 7.86. The fraction of sp³-hybridized carbons (Fsp3) is 0.875. The van der Waals surface area contributed by atoms with Crippen LogP contribution in [0.15, 0.2) is 0 Å². The van der Waals surface area contributed by atoms with Gasteiger partial charge in [0.15, 0.2) is 0 Å². The van der Waals surface area contributed by atoms with Gasteiger partial charge in [0.25, 0.3) is 0 Å². The van der Waals surface area contributed by atoms with Gasteiger partial charge < -0.3 is 4.90 Å². The molecule has 1 amide bonds. The summed E-state index contributed by atoms with van der Waals surface area (Å²) in [4.78, 5) is 22.0. The van der Waals surface area contributed by atoms with Gasteiger partial charge in [0, 0.05) is 13.1 Å². The first-order valence-corrected chi connectivity index (χ1v) is 4.44. The van der Waals surface area contributed by atoms with Gasteiger partial charge in [-0.3, -0.25) is 4.89 Å². The smallest absolute Gasteiger partial charge is 0.306 e. The monoisotopic (exact) mass is 171 g/mol. The summed E-state index contributed by atoms with van der Waals surface area (Å²) in [7, 11) is 0. The third-order valence-electron chi connectivity index (χ3n) is 2.25. The van der Waals surface area contributed by atoms with E-state index in [1.807, 2.05) is 0 Å². The highest BCUT2D eigenvalue weighted by molar-refractivity contribution is 5.67. The second-order valence-corrected chi connectivity index (χ2v) is 3.42. The van der Waals surface area contributed by atoms with Crippen LogP contribution in [0.4, 0.5) is 4.79 Å². The van der Waals surface area contributed by atoms with Gasteiger partial charge in [-0.25, -0.2) is 4.79 Å². The van der Waals surface area contributed by atoms with Crippen molar-refractivity contribution < 1.29 is 14.6 Å². The molecule has 2 rings (SSSR count). The first-order chi connectivity index (χ1) is 5.86. The van der Waals surface area contributed by atoms with Crippen LogP contribution in [0.25, 0.3) is 0 Å². The number of carbonyl (C=O) groups is 1. The molecule has 0 aromatic heterocycles. The molecule has 0 aromatic rings. The van der Waals surface area contributed by atoms with Gasteiger partial charge in [-0.2, -0.15) is 4.89 Å². The second-order valence-electron chi connectivity index (χ2n) is 3.42. The summed E-state index contributed by atoms with van der Waals surface area (Å²) in [5.74, 6) is 0.634. The third-order valence-corrected chi connectivity index (χ3v) is 2.25. The molecule has 1 aliphatic carbocycles. The van der Waals surface area contributed by atoms with E-state index < -0.39 is 0 Å². The van der Waals surface area contributed by atoms with Crippen molar-refractivity contribution in [3.63, 3.8) is 0 Å². The van der Waals surface area contributed by atoms with E-state index >= 15 is 0 Å². The molecule has 0 radical (unpaired) electrons. The zero-order valence-corrected chi connectivity index (χ0v) is 6.99. The molecule has 1 aliphatic heterocycles. The SMILES string of the molecule is O=C(OOCC1CC1)N1CCC1. The highest BCUT2D eigenvalue weighted by Crippen LogP contribution is 2.28. The summed E-state index contributed by atoms with van der Waals surface area (Å²) in [5.41, 5.74) is 0. The molecule has 0 aromatic carbocycles. The number of carbonyl (C=O) groups excluding carboxylic acids is 1. The Labute approximate surface area is 71.4 Å². The van der Waals surface area contributed by atoms with Crippen molar-refractivity contribution in [1.82, 2.24) is 4.90 Å². The quantitative estimate of drug-likeness (QED) is 0.472. The normalized spacial score (nSPS) is 21.8. The Morgan fingerprint density at radius 1 is 1.42 bits per heavy atom. The summed E-state index contributed by atoms with van der Waals surface area (Å²) in [6.45, 7) is 2.19. The summed E-state index contributed by atoms with van der Waals surface area (Å²) in [6.07, 6.45) is 3.17. The van der Waals surface area contributed by atoms with E-state index in [0.29, 0.717) is 12.5 Å². The van der Waals surface area contributed by atoms with Gasteiger partial charge >= 0.3 is 6.09 Å². The van der Waals surface area contributed by atoms with Crippen LogP contribution in [0, 0.1) is 5.92 Å². The Kier molecular flexibility index (Phi) is 2.17. The molecule has 1 saturated heterocycles. The zero-order chi connectivity index (χ0) is 8.39. The standard InChI is InChI=1S/C8H13NO3/c10-8(9-4-1-5-9)12-11-6-7-2-3-7/h7H,1-6H2. The lowest BCUT2D eigenvalue weighted by atomic mass is 10.2. The fourth-order valence-electron chi connectivity index (χ4n) is 1.02. The highest BCUT2D eigenvalue weighted by Gasteiger charge is 2.25. The van der Waals surface area contributed by atoms with Crippen LogP contribution in [0.1, 0.15) is 19.3 Å². The summed E-state index contributed by atoms with van der Waals surface area (Å²) >= 11 is 0. The van der Waals surface area contributed by atoms with Gasteiger partial charge in [-0.1, -0.05) is 0 Å². The van der Waals surface area contributed by atoms with Gasteiger partial charge in [-0.05, 0) is 25.2 Å². The van der Waals surface area contributed by atoms with Crippen molar-refractivity contribution in [3.05, 3.63) is 0 Å². The van der Waals surface area contributed by atoms with Crippen LogP contribution in [-0.4, -0.2) is 30.7 Å². The van der Waals surface area contributed by atoms with Gasteiger partial charge in [0.2, 0.25) is 0 Å². The Bertz CT molecular complexity index is 175. The van der Waals surface area contributed by atoms with Gasteiger partial charge in [0.05, 0.1) is 6.61 Å². The summed E-state index contributed by atoms with van der Waals surface area (Å²) < 4.78 is 0. The maximum atomic E-state index is 11.0. The predicted octanol–water partition coefficient (Wildman–Crippen LogP) is 1.17. The van der Waals surface area contributed by atoms with Crippen LogP contribution in [0.3, 0.4) is 0 Å². The van der Waals surface area contributed by atoms with Crippen molar-refractivity contribution in [2.45, 2.75) is 19.3 Å².